The Hall–Kier alpha value is 2.17. The second-order valence-corrected chi connectivity index (χ2v) is 27.9. The first-order valence-corrected chi connectivity index (χ1v) is 26.3. The van der Waals surface area contributed by atoms with Crippen LogP contribution < -0.4 is 0 Å². The monoisotopic (exact) mass is 742 g/mol. The summed E-state index contributed by atoms with van der Waals surface area (Å²) in [5.74, 6) is 0.394. The zero-order valence-corrected chi connectivity index (χ0v) is 32.7. The maximum absolute atomic E-state index is 11.3. The van der Waals surface area contributed by atoms with E-state index in [1.54, 1.807) is 41.3 Å². The molecule has 0 spiro atoms. The van der Waals surface area contributed by atoms with Crippen LogP contribution in [-0.4, -0.2) is 114 Å². The van der Waals surface area contributed by atoms with Crippen molar-refractivity contribution in [3.63, 3.8) is 0 Å². The van der Waals surface area contributed by atoms with Crippen LogP contribution in [0.2, 0.25) is 0 Å². The predicted octanol–water partition coefficient (Wildman–Crippen LogP) is 5.72. The number of hydrogen-bond acceptors (Lipinski definition) is 10. The molecular formula is C23H54O10P4S4. The van der Waals surface area contributed by atoms with E-state index in [1.165, 1.54) is 13.8 Å². The molecule has 2 saturated carbocycles. The van der Waals surface area contributed by atoms with Gasteiger partial charge < -0.3 is 42.7 Å². The second kappa shape index (κ2) is 23.5. The summed E-state index contributed by atoms with van der Waals surface area (Å²) in [6.07, 6.45) is 4.63. The van der Waals surface area contributed by atoms with Crippen molar-refractivity contribution < 1.29 is 47.2 Å². The lowest BCUT2D eigenvalue weighted by atomic mass is 9.95. The molecule has 0 amide bonds. The van der Waals surface area contributed by atoms with Crippen molar-refractivity contribution in [3.8, 4) is 0 Å². The Bertz CT molecular complexity index is 861. The zero-order chi connectivity index (χ0) is 32.3. The maximum Gasteiger partial charge on any atom is 0.252 e. The zero-order valence-electron chi connectivity index (χ0n) is 25.7. The van der Waals surface area contributed by atoms with Gasteiger partial charge in [0.1, 0.15) is 0 Å². The molecule has 0 bridgehead atoms. The van der Waals surface area contributed by atoms with Crippen molar-refractivity contribution in [1.29, 1.82) is 0 Å². The lowest BCUT2D eigenvalue weighted by Crippen LogP contribution is -2.26. The Morgan fingerprint density at radius 2 is 1.34 bits per heavy atom. The normalized spacial score (nSPS) is 28.0. The van der Waals surface area contributed by atoms with Gasteiger partial charge in [0.25, 0.3) is 6.57 Å². The average Bonchev–Trinajstić information content (AvgIpc) is 3.22. The largest absolute Gasteiger partial charge is 0.384 e. The van der Waals surface area contributed by atoms with Gasteiger partial charge in [0.15, 0.2) is 6.49 Å². The molecule has 2 aliphatic carbocycles. The fourth-order valence-corrected chi connectivity index (χ4v) is 7.78. The fraction of sp³-hybridized carbons (Fsp3) is 1.00. The minimum atomic E-state index is -2.64. The van der Waals surface area contributed by atoms with Gasteiger partial charge in [-0.25, -0.2) is 0 Å². The standard InChI is InChI=1S/2C8H17O3PS.C4H11O2PS.C3H9O2PS/c1-10-6-7-4-3-5-8(7)11-12(2,9)13;1-10-7-4-3-5-8(6-7)11-12(2,9)13;1-6-3-4-7(2,5)8;1-5-3-6(2,4)7/h2*7-8H,3-6H2,1-2H3,(H,9,13);3-4H2,1-2H3,(H,5,8);3H2,1-2H3,(H,4,7). The van der Waals surface area contributed by atoms with Gasteiger partial charge in [-0.1, -0.05) is 42.3 Å². The van der Waals surface area contributed by atoms with Crippen LogP contribution in [0.5, 0.6) is 0 Å². The van der Waals surface area contributed by atoms with Gasteiger partial charge in [0.05, 0.1) is 50.4 Å². The lowest BCUT2D eigenvalue weighted by molar-refractivity contribution is 0.0217. The van der Waals surface area contributed by atoms with Crippen LogP contribution in [0, 0.1) is 5.92 Å². The average molecular weight is 743 g/mol. The number of thiol groups is 1. The fourth-order valence-electron chi connectivity index (χ4n) is 3.99. The maximum atomic E-state index is 11.3. The van der Waals surface area contributed by atoms with E-state index in [4.69, 9.17) is 56.7 Å². The minimum Gasteiger partial charge on any atom is -0.384 e. The molecule has 10 nitrogen and oxygen atoms in total. The van der Waals surface area contributed by atoms with Gasteiger partial charge in [-0.15, -0.1) is 0 Å². The van der Waals surface area contributed by atoms with Crippen LogP contribution >= 0.6 is 37.8 Å². The van der Waals surface area contributed by atoms with E-state index in [0.29, 0.717) is 31.6 Å². The third-order valence-corrected chi connectivity index (χ3v) is 10.1. The third kappa shape index (κ3) is 31.9. The lowest BCUT2D eigenvalue weighted by Gasteiger charge is -2.29. The molecule has 0 aromatic rings. The molecule has 8 unspecified atom stereocenters. The van der Waals surface area contributed by atoms with Crippen molar-refractivity contribution >= 4 is 73.3 Å². The van der Waals surface area contributed by atoms with Crippen LogP contribution in [0.1, 0.15) is 44.9 Å². The first-order valence-electron chi connectivity index (χ1n) is 13.2. The molecule has 250 valence electrons. The quantitative estimate of drug-likeness (QED) is 0.144. The Kier molecular flexibility index (Phi) is 25.9. The smallest absolute Gasteiger partial charge is 0.252 e. The number of rotatable bonds is 12. The summed E-state index contributed by atoms with van der Waals surface area (Å²) in [7, 11) is 6.53. The highest BCUT2D eigenvalue weighted by molar-refractivity contribution is 8.46. The summed E-state index contributed by atoms with van der Waals surface area (Å²) < 4.78 is 41.8. The predicted molar refractivity (Wildman–Crippen MR) is 187 cm³/mol. The van der Waals surface area contributed by atoms with E-state index >= 15 is 0 Å². The highest BCUT2D eigenvalue weighted by Crippen LogP contribution is 2.51. The van der Waals surface area contributed by atoms with Crippen LogP contribution in [0.15, 0.2) is 0 Å². The van der Waals surface area contributed by atoms with E-state index < -0.39 is 25.6 Å². The van der Waals surface area contributed by atoms with Gasteiger partial charge >= 0.3 is 0 Å². The second-order valence-electron chi connectivity index (χ2n) is 10.4. The van der Waals surface area contributed by atoms with E-state index in [2.05, 4.69) is 28.8 Å². The van der Waals surface area contributed by atoms with Crippen LogP contribution in [0.25, 0.3) is 0 Å². The van der Waals surface area contributed by atoms with Crippen LogP contribution in [0.3, 0.4) is 0 Å². The van der Waals surface area contributed by atoms with Crippen molar-refractivity contribution in [2.45, 2.75) is 63.3 Å². The third-order valence-electron chi connectivity index (χ3n) is 5.64. The van der Waals surface area contributed by atoms with E-state index in [0.717, 1.165) is 44.9 Å². The molecule has 2 fully saturated rings. The van der Waals surface area contributed by atoms with Crippen molar-refractivity contribution in [1.82, 2.24) is 0 Å². The molecule has 0 heterocycles. The van der Waals surface area contributed by atoms with Gasteiger partial charge in [0, 0.05) is 60.3 Å². The summed E-state index contributed by atoms with van der Waals surface area (Å²) in [6, 6.07) is 0. The molecule has 8 atom stereocenters. The summed E-state index contributed by atoms with van der Waals surface area (Å²) >= 11 is 18.1. The highest BCUT2D eigenvalue weighted by atomic mass is 32.7. The summed E-state index contributed by atoms with van der Waals surface area (Å²) in [5, 5.41) is 0. The Morgan fingerprint density at radius 1 is 0.780 bits per heavy atom. The van der Waals surface area contributed by atoms with Crippen molar-refractivity contribution in [2.75, 3.05) is 80.8 Å². The van der Waals surface area contributed by atoms with E-state index in [9.17, 15) is 9.46 Å². The summed E-state index contributed by atoms with van der Waals surface area (Å²) in [6.45, 7) is 2.60. The van der Waals surface area contributed by atoms with Gasteiger partial charge in [0.2, 0.25) is 0 Å². The Balaban J connectivity index is 0. The van der Waals surface area contributed by atoms with Crippen LogP contribution in [-0.2, 0) is 68.0 Å². The summed E-state index contributed by atoms with van der Waals surface area (Å²) in [5.41, 5.74) is 0. The van der Waals surface area contributed by atoms with Gasteiger partial charge in [-0.2, -0.15) is 0 Å². The highest BCUT2D eigenvalue weighted by Gasteiger charge is 2.31. The molecule has 0 aromatic heterocycles. The van der Waals surface area contributed by atoms with Gasteiger partial charge in [-0.05, 0) is 57.2 Å². The number of methoxy groups -OCH3 is 4. The molecule has 18 heteroatoms. The molecular weight excluding hydrogens is 688 g/mol. The molecule has 2 rings (SSSR count). The molecule has 0 saturated heterocycles. The Labute approximate surface area is 269 Å². The number of ether oxygens (including phenoxy) is 4. The number of hydrogen-bond donors (Lipinski definition) is 4. The molecule has 0 aromatic carbocycles. The van der Waals surface area contributed by atoms with Crippen molar-refractivity contribution in [3.05, 3.63) is 0 Å². The topological polar surface area (TPSA) is 133 Å². The van der Waals surface area contributed by atoms with Crippen LogP contribution in [0.4, 0.5) is 0 Å². The molecule has 3 N–H and O–H groups in total. The molecule has 0 aliphatic heterocycles. The van der Waals surface area contributed by atoms with Crippen molar-refractivity contribution in [2.24, 2.45) is 5.92 Å². The first-order chi connectivity index (χ1) is 18.7. The Morgan fingerprint density at radius 3 is 1.71 bits per heavy atom. The van der Waals surface area contributed by atoms with E-state index in [1.807, 2.05) is 0 Å². The van der Waals surface area contributed by atoms with Gasteiger partial charge in [-0.3, -0.25) is 4.57 Å². The molecule has 41 heavy (non-hydrogen) atoms. The van der Waals surface area contributed by atoms with E-state index in [-0.39, 0.29) is 18.3 Å². The molecule has 2 aliphatic rings. The first kappa shape index (κ1) is 45.3. The molecule has 0 radical (unpaired) electrons. The minimum absolute atomic E-state index is 0.0771. The summed E-state index contributed by atoms with van der Waals surface area (Å²) in [4.78, 5) is 27.2. The SMILES string of the molecule is COC1CCCC(OP(C)(O)=S)C1.COCC1CCCC1OP(C)(=O)S.COCCP(C)(O)=S.COCP(C)(O)=S.